The first-order valence-electron chi connectivity index (χ1n) is 6.94. The van der Waals surface area contributed by atoms with E-state index in [0.29, 0.717) is 11.8 Å². The van der Waals surface area contributed by atoms with Crippen LogP contribution in [0.2, 0.25) is 0 Å². The van der Waals surface area contributed by atoms with Crippen LogP contribution in [-0.2, 0) is 0 Å². The van der Waals surface area contributed by atoms with Gasteiger partial charge in [-0.05, 0) is 35.8 Å². The van der Waals surface area contributed by atoms with Gasteiger partial charge in [0, 0.05) is 21.6 Å². The van der Waals surface area contributed by atoms with Crippen molar-refractivity contribution < 1.29 is 0 Å². The summed E-state index contributed by atoms with van der Waals surface area (Å²) in [6.07, 6.45) is 7.70. The Bertz CT molecular complexity index is 422. The molecule has 1 heterocycles. The molecule has 92 valence electrons. The molecular weight excluding hydrogens is 224 g/mol. The summed E-state index contributed by atoms with van der Waals surface area (Å²) in [7, 11) is 0. The van der Waals surface area contributed by atoms with Gasteiger partial charge in [-0.3, -0.25) is 0 Å². The van der Waals surface area contributed by atoms with Gasteiger partial charge in [0.1, 0.15) is 0 Å². The van der Waals surface area contributed by atoms with E-state index in [1.807, 2.05) is 0 Å². The van der Waals surface area contributed by atoms with Crippen molar-refractivity contribution in [2.24, 2.45) is 0 Å². The van der Waals surface area contributed by atoms with Crippen molar-refractivity contribution in [2.75, 3.05) is 0 Å². The second-order valence-electron chi connectivity index (χ2n) is 6.14. The Hall–Kier alpha value is -0.560. The molecule has 0 aliphatic heterocycles. The first-order chi connectivity index (χ1) is 8.09. The van der Waals surface area contributed by atoms with E-state index in [1.54, 1.807) is 20.9 Å². The molecule has 0 saturated carbocycles. The Morgan fingerprint density at radius 1 is 0.882 bits per heavy atom. The molecule has 0 N–H and O–H groups in total. The first-order valence-corrected chi connectivity index (χ1v) is 7.76. The van der Waals surface area contributed by atoms with E-state index in [2.05, 4.69) is 51.2 Å². The number of rotatable bonds is 2. The highest BCUT2D eigenvalue weighted by atomic mass is 32.1. The predicted octanol–water partition coefficient (Wildman–Crippen LogP) is 5.53. The van der Waals surface area contributed by atoms with E-state index in [0.717, 1.165) is 11.8 Å². The Morgan fingerprint density at radius 2 is 1.29 bits per heavy atom. The van der Waals surface area contributed by atoms with Gasteiger partial charge >= 0.3 is 0 Å². The molecule has 3 aliphatic rings. The highest BCUT2D eigenvalue weighted by molar-refractivity contribution is 7.12. The summed E-state index contributed by atoms with van der Waals surface area (Å²) in [6, 6.07) is 0. The Kier molecular flexibility index (Phi) is 2.70. The molecule has 2 atom stereocenters. The average Bonchev–Trinajstić information content (AvgIpc) is 2.72. The van der Waals surface area contributed by atoms with Gasteiger partial charge < -0.3 is 0 Å². The third-order valence-electron chi connectivity index (χ3n) is 4.20. The summed E-state index contributed by atoms with van der Waals surface area (Å²) in [5.41, 5.74) is 3.46. The van der Waals surface area contributed by atoms with Crippen LogP contribution in [0.25, 0.3) is 0 Å². The van der Waals surface area contributed by atoms with Gasteiger partial charge in [-0.25, -0.2) is 0 Å². The summed E-state index contributed by atoms with van der Waals surface area (Å²) >= 11 is 2.10. The van der Waals surface area contributed by atoms with Crippen LogP contribution in [0.3, 0.4) is 0 Å². The van der Waals surface area contributed by atoms with Crippen LogP contribution in [0, 0.1) is 0 Å². The van der Waals surface area contributed by atoms with Crippen molar-refractivity contribution in [1.29, 1.82) is 0 Å². The van der Waals surface area contributed by atoms with Crippen molar-refractivity contribution in [2.45, 2.75) is 64.2 Å². The zero-order valence-corrected chi connectivity index (χ0v) is 12.1. The van der Waals surface area contributed by atoms with E-state index < -0.39 is 0 Å². The monoisotopic (exact) mass is 246 g/mol. The topological polar surface area (TPSA) is 0 Å². The molecule has 1 aromatic heterocycles. The molecule has 0 amide bonds. The third kappa shape index (κ3) is 1.62. The van der Waals surface area contributed by atoms with E-state index >= 15 is 0 Å². The van der Waals surface area contributed by atoms with Crippen molar-refractivity contribution in [3.63, 3.8) is 0 Å². The number of fused-ring (bicyclic) bond motifs is 1. The van der Waals surface area contributed by atoms with E-state index in [1.165, 1.54) is 12.8 Å². The lowest BCUT2D eigenvalue weighted by Gasteiger charge is -2.33. The second-order valence-corrected chi connectivity index (χ2v) is 7.23. The highest BCUT2D eigenvalue weighted by Crippen LogP contribution is 2.53. The SMILES string of the molecule is CC(C)c1sc(C(C)C)c2c1C1C=CC2CC1. The van der Waals surface area contributed by atoms with Crippen LogP contribution in [0.5, 0.6) is 0 Å². The van der Waals surface area contributed by atoms with Gasteiger partial charge in [0.05, 0.1) is 0 Å². The normalized spacial score (nSPS) is 26.0. The van der Waals surface area contributed by atoms with Crippen LogP contribution in [0.15, 0.2) is 12.2 Å². The molecule has 0 spiro atoms. The summed E-state index contributed by atoms with van der Waals surface area (Å²) in [5, 5.41) is 0. The van der Waals surface area contributed by atoms with Crippen LogP contribution < -0.4 is 0 Å². The lowest BCUT2D eigenvalue weighted by molar-refractivity contribution is 0.546. The maximum absolute atomic E-state index is 2.47. The van der Waals surface area contributed by atoms with Crippen molar-refractivity contribution in [3.8, 4) is 0 Å². The molecule has 1 heteroatoms. The van der Waals surface area contributed by atoms with E-state index in [4.69, 9.17) is 0 Å². The van der Waals surface area contributed by atoms with Crippen molar-refractivity contribution in [1.82, 2.24) is 0 Å². The maximum Gasteiger partial charge on any atom is 0.0115 e. The van der Waals surface area contributed by atoms with Crippen molar-refractivity contribution in [3.05, 3.63) is 33.0 Å². The quantitative estimate of drug-likeness (QED) is 0.602. The third-order valence-corrected chi connectivity index (χ3v) is 6.02. The second kappa shape index (κ2) is 3.98. The number of hydrogen-bond acceptors (Lipinski definition) is 1. The molecule has 0 nitrogen and oxygen atoms in total. The molecule has 2 bridgehead atoms. The van der Waals surface area contributed by atoms with Crippen molar-refractivity contribution >= 4 is 11.3 Å². The first kappa shape index (κ1) is 11.5. The molecule has 0 fully saturated rings. The minimum absolute atomic E-state index is 0.689. The van der Waals surface area contributed by atoms with Gasteiger partial charge in [-0.1, -0.05) is 39.8 Å². The average molecular weight is 246 g/mol. The van der Waals surface area contributed by atoms with Gasteiger partial charge in [-0.2, -0.15) is 0 Å². The maximum atomic E-state index is 2.47. The highest BCUT2D eigenvalue weighted by Gasteiger charge is 2.35. The fraction of sp³-hybridized carbons (Fsp3) is 0.625. The van der Waals surface area contributed by atoms with E-state index in [-0.39, 0.29) is 0 Å². The van der Waals surface area contributed by atoms with Crippen LogP contribution in [0.4, 0.5) is 0 Å². The molecule has 0 aromatic carbocycles. The standard InChI is InChI=1S/C16H22S/c1-9(2)15-13-11-5-7-12(8-6-11)14(13)16(17-15)10(3)4/h5,7,9-12H,6,8H2,1-4H3. The Balaban J connectivity index is 2.22. The molecule has 4 rings (SSSR count). The summed E-state index contributed by atoms with van der Waals surface area (Å²) < 4.78 is 0. The molecule has 0 saturated heterocycles. The fourth-order valence-electron chi connectivity index (χ4n) is 3.42. The molecule has 1 aromatic rings. The smallest absolute Gasteiger partial charge is 0.0115 e. The van der Waals surface area contributed by atoms with E-state index in [9.17, 15) is 0 Å². The van der Waals surface area contributed by atoms with Crippen LogP contribution >= 0.6 is 11.3 Å². The fourth-order valence-corrected chi connectivity index (χ4v) is 4.87. The lowest BCUT2D eigenvalue weighted by Crippen LogP contribution is -2.18. The largest absolute Gasteiger partial charge is 0.144 e. The Morgan fingerprint density at radius 3 is 1.59 bits per heavy atom. The molecule has 0 radical (unpaired) electrons. The van der Waals surface area contributed by atoms with Crippen LogP contribution in [0.1, 0.15) is 85.1 Å². The molecule has 3 aliphatic carbocycles. The summed E-state index contributed by atoms with van der Waals surface area (Å²) in [6.45, 7) is 9.40. The minimum atomic E-state index is 0.689. The molecule has 17 heavy (non-hydrogen) atoms. The number of thiophene rings is 1. The Labute approximate surface area is 109 Å². The molecular formula is C16H22S. The minimum Gasteiger partial charge on any atom is -0.144 e. The predicted molar refractivity (Wildman–Crippen MR) is 76.4 cm³/mol. The van der Waals surface area contributed by atoms with Gasteiger partial charge in [0.2, 0.25) is 0 Å². The zero-order chi connectivity index (χ0) is 12.2. The molecule has 2 unspecified atom stereocenters. The van der Waals surface area contributed by atoms with Gasteiger partial charge in [0.25, 0.3) is 0 Å². The van der Waals surface area contributed by atoms with Gasteiger partial charge in [-0.15, -0.1) is 11.3 Å². The summed E-state index contributed by atoms with van der Waals surface area (Å²) in [4.78, 5) is 3.34. The lowest BCUT2D eigenvalue weighted by atomic mass is 9.70. The number of hydrogen-bond donors (Lipinski definition) is 0. The number of allylic oxidation sites excluding steroid dienone is 2. The van der Waals surface area contributed by atoms with Crippen LogP contribution in [-0.4, -0.2) is 0 Å². The zero-order valence-electron chi connectivity index (χ0n) is 11.3. The summed E-state index contributed by atoms with van der Waals surface area (Å²) in [5.74, 6) is 2.84. The van der Waals surface area contributed by atoms with Gasteiger partial charge in [0.15, 0.2) is 0 Å².